The minimum atomic E-state index is 0.740. The van der Waals surface area contributed by atoms with E-state index >= 15 is 0 Å². The summed E-state index contributed by atoms with van der Waals surface area (Å²) in [5.41, 5.74) is 0. The van der Waals surface area contributed by atoms with Crippen LogP contribution in [-0.2, 0) is 0 Å². The molecule has 0 radical (unpaired) electrons. The fourth-order valence-electron chi connectivity index (χ4n) is 1.21. The molecule has 1 heterocycles. The van der Waals surface area contributed by atoms with Crippen LogP contribution in [0.4, 0.5) is 0 Å². The monoisotopic (exact) mass is 228 g/mol. The average Bonchev–Trinajstić information content (AvgIpc) is 2.87. The summed E-state index contributed by atoms with van der Waals surface area (Å²) in [5.74, 6) is 1.91. The lowest BCUT2D eigenvalue weighted by atomic mass is 10.2. The first-order valence-electron chi connectivity index (χ1n) is 5.10. The molecule has 1 atom stereocenters. The van der Waals surface area contributed by atoms with Crippen molar-refractivity contribution in [3.8, 4) is 0 Å². The number of thioether (sulfide) groups is 1. The number of thiazole rings is 1. The van der Waals surface area contributed by atoms with E-state index in [4.69, 9.17) is 0 Å². The van der Waals surface area contributed by atoms with Gasteiger partial charge in [0.1, 0.15) is 4.34 Å². The van der Waals surface area contributed by atoms with Crippen LogP contribution in [0.25, 0.3) is 0 Å². The van der Waals surface area contributed by atoms with Gasteiger partial charge in [0.2, 0.25) is 0 Å². The fraction of sp³-hybridized carbons (Fsp3) is 0.700. The zero-order valence-corrected chi connectivity index (χ0v) is 10.0. The first kappa shape index (κ1) is 10.5. The molecule has 1 unspecified atom stereocenters. The highest BCUT2D eigenvalue weighted by Crippen LogP contribution is 2.23. The van der Waals surface area contributed by atoms with E-state index in [2.05, 4.69) is 17.2 Å². The molecule has 0 bridgehead atoms. The number of aromatic nitrogens is 1. The topological polar surface area (TPSA) is 24.9 Å². The van der Waals surface area contributed by atoms with Gasteiger partial charge in [-0.2, -0.15) is 0 Å². The Hall–Kier alpha value is -0.0600. The van der Waals surface area contributed by atoms with Gasteiger partial charge in [-0.25, -0.2) is 4.98 Å². The largest absolute Gasteiger partial charge is 0.314 e. The Labute approximate surface area is 93.5 Å². The molecule has 1 saturated carbocycles. The Kier molecular flexibility index (Phi) is 3.84. The summed E-state index contributed by atoms with van der Waals surface area (Å²) in [6.45, 7) is 3.46. The second kappa shape index (κ2) is 5.14. The summed E-state index contributed by atoms with van der Waals surface area (Å²) < 4.78 is 1.20. The van der Waals surface area contributed by atoms with Gasteiger partial charge in [-0.15, -0.1) is 11.3 Å². The molecule has 1 aliphatic rings. The smallest absolute Gasteiger partial charge is 0.149 e. The van der Waals surface area contributed by atoms with Crippen molar-refractivity contribution in [2.75, 3.05) is 12.3 Å². The fourth-order valence-corrected chi connectivity index (χ4v) is 2.89. The highest BCUT2D eigenvalue weighted by Gasteiger charge is 2.20. The number of hydrogen-bond donors (Lipinski definition) is 1. The van der Waals surface area contributed by atoms with Crippen molar-refractivity contribution in [3.63, 3.8) is 0 Å². The van der Waals surface area contributed by atoms with E-state index in [0.29, 0.717) is 0 Å². The number of nitrogens with one attached hydrogen (secondary N) is 1. The maximum absolute atomic E-state index is 4.26. The Morgan fingerprint density at radius 2 is 2.57 bits per heavy atom. The van der Waals surface area contributed by atoms with E-state index in [-0.39, 0.29) is 0 Å². The number of rotatable bonds is 6. The van der Waals surface area contributed by atoms with E-state index < -0.39 is 0 Å². The van der Waals surface area contributed by atoms with Crippen LogP contribution in [0.1, 0.15) is 19.8 Å². The maximum Gasteiger partial charge on any atom is 0.149 e. The highest BCUT2D eigenvalue weighted by atomic mass is 32.2. The van der Waals surface area contributed by atoms with Gasteiger partial charge in [0.15, 0.2) is 0 Å². The van der Waals surface area contributed by atoms with Crippen LogP contribution in [0.3, 0.4) is 0 Å². The average molecular weight is 228 g/mol. The van der Waals surface area contributed by atoms with Crippen LogP contribution < -0.4 is 5.32 Å². The van der Waals surface area contributed by atoms with Gasteiger partial charge in [-0.05, 0) is 25.3 Å². The highest BCUT2D eigenvalue weighted by molar-refractivity contribution is 8.01. The zero-order valence-electron chi connectivity index (χ0n) is 8.40. The molecule has 1 aliphatic carbocycles. The molecular formula is C10H16N2S2. The van der Waals surface area contributed by atoms with E-state index in [1.165, 1.54) is 22.9 Å². The van der Waals surface area contributed by atoms with Crippen molar-refractivity contribution in [2.45, 2.75) is 30.1 Å². The van der Waals surface area contributed by atoms with Crippen molar-refractivity contribution in [3.05, 3.63) is 11.6 Å². The number of hydrogen-bond acceptors (Lipinski definition) is 4. The summed E-state index contributed by atoms with van der Waals surface area (Å²) in [4.78, 5) is 4.26. The molecule has 1 fully saturated rings. The van der Waals surface area contributed by atoms with Crippen LogP contribution in [-0.4, -0.2) is 23.3 Å². The molecule has 1 N–H and O–H groups in total. The number of nitrogens with zero attached hydrogens (tertiary/aromatic N) is 1. The molecule has 0 spiro atoms. The molecule has 1 aromatic rings. The van der Waals surface area contributed by atoms with E-state index in [1.54, 1.807) is 11.3 Å². The summed E-state index contributed by atoms with van der Waals surface area (Å²) in [6, 6.07) is 0.835. The molecule has 0 amide bonds. The van der Waals surface area contributed by atoms with Gasteiger partial charge in [-0.3, -0.25) is 0 Å². The Morgan fingerprint density at radius 1 is 1.71 bits per heavy atom. The van der Waals surface area contributed by atoms with E-state index in [0.717, 1.165) is 18.5 Å². The van der Waals surface area contributed by atoms with Crippen LogP contribution in [0.15, 0.2) is 15.9 Å². The van der Waals surface area contributed by atoms with Crippen LogP contribution in [0.2, 0.25) is 0 Å². The van der Waals surface area contributed by atoms with Gasteiger partial charge in [0.25, 0.3) is 0 Å². The van der Waals surface area contributed by atoms with Crippen molar-refractivity contribution in [1.29, 1.82) is 0 Å². The van der Waals surface area contributed by atoms with E-state index in [9.17, 15) is 0 Å². The van der Waals surface area contributed by atoms with Gasteiger partial charge < -0.3 is 5.32 Å². The summed E-state index contributed by atoms with van der Waals surface area (Å²) in [7, 11) is 0. The molecule has 0 aliphatic heterocycles. The van der Waals surface area contributed by atoms with Crippen molar-refractivity contribution in [1.82, 2.24) is 10.3 Å². The molecule has 14 heavy (non-hydrogen) atoms. The molecule has 2 nitrogen and oxygen atoms in total. The third kappa shape index (κ3) is 3.59. The third-order valence-electron chi connectivity index (χ3n) is 2.23. The molecule has 2 rings (SSSR count). The molecule has 0 saturated heterocycles. The lowest BCUT2D eigenvalue weighted by molar-refractivity contribution is 0.556. The van der Waals surface area contributed by atoms with Crippen molar-refractivity contribution < 1.29 is 0 Å². The first-order valence-corrected chi connectivity index (χ1v) is 6.97. The lowest BCUT2D eigenvalue weighted by Crippen LogP contribution is -2.24. The quantitative estimate of drug-likeness (QED) is 0.758. The predicted octanol–water partition coefficient (Wildman–Crippen LogP) is 2.62. The standard InChI is InChI=1S/C10H16N2S2/c1-8(6-12-9-2-3-9)7-14-10-11-4-5-13-10/h4-5,8-9,12H,2-3,6-7H2,1H3. The van der Waals surface area contributed by atoms with Gasteiger partial charge >= 0.3 is 0 Å². The predicted molar refractivity (Wildman–Crippen MR) is 63.0 cm³/mol. The van der Waals surface area contributed by atoms with Gasteiger partial charge in [0, 0.05) is 23.4 Å². The normalized spacial score (nSPS) is 18.4. The van der Waals surface area contributed by atoms with Crippen molar-refractivity contribution in [2.24, 2.45) is 5.92 Å². The SMILES string of the molecule is CC(CNC1CC1)CSc1nccs1. The molecular weight excluding hydrogens is 212 g/mol. The second-order valence-electron chi connectivity index (χ2n) is 3.90. The molecule has 0 aromatic carbocycles. The lowest BCUT2D eigenvalue weighted by Gasteiger charge is -2.10. The first-order chi connectivity index (χ1) is 6.84. The van der Waals surface area contributed by atoms with Gasteiger partial charge in [-0.1, -0.05) is 18.7 Å². The minimum absolute atomic E-state index is 0.740. The molecule has 78 valence electrons. The summed E-state index contributed by atoms with van der Waals surface area (Å²) in [6.07, 6.45) is 4.64. The minimum Gasteiger partial charge on any atom is -0.314 e. The van der Waals surface area contributed by atoms with E-state index in [1.807, 2.05) is 23.3 Å². The zero-order chi connectivity index (χ0) is 9.80. The van der Waals surface area contributed by atoms with Crippen LogP contribution in [0.5, 0.6) is 0 Å². The Morgan fingerprint density at radius 3 is 3.21 bits per heavy atom. The Bertz CT molecular complexity index is 257. The van der Waals surface area contributed by atoms with Gasteiger partial charge in [0.05, 0.1) is 0 Å². The second-order valence-corrected chi connectivity index (χ2v) is 6.06. The third-order valence-corrected chi connectivity index (χ3v) is 4.53. The van der Waals surface area contributed by atoms with Crippen LogP contribution in [0, 0.1) is 5.92 Å². The Balaban J connectivity index is 1.59. The maximum atomic E-state index is 4.26. The molecule has 4 heteroatoms. The van der Waals surface area contributed by atoms with Crippen LogP contribution >= 0.6 is 23.1 Å². The van der Waals surface area contributed by atoms with Crippen molar-refractivity contribution >= 4 is 23.1 Å². The summed E-state index contributed by atoms with van der Waals surface area (Å²) in [5, 5.41) is 5.59. The molecule has 1 aromatic heterocycles. The summed E-state index contributed by atoms with van der Waals surface area (Å²) >= 11 is 3.61.